The van der Waals surface area contributed by atoms with E-state index in [4.69, 9.17) is 0 Å². The van der Waals surface area contributed by atoms with E-state index >= 15 is 0 Å². The molecule has 0 bridgehead atoms. The standard InChI is InChI=1S/C12H24N2O/c1-10(11-3-4-11)14(2)9-12(15)5-7-13-8-6-12/h10-11,13,15H,3-9H2,1-2H3. The minimum absolute atomic E-state index is 0.441. The van der Waals surface area contributed by atoms with Crippen LogP contribution in [-0.4, -0.2) is 48.3 Å². The number of hydrogen-bond donors (Lipinski definition) is 2. The van der Waals surface area contributed by atoms with Crippen LogP contribution in [0.5, 0.6) is 0 Å². The van der Waals surface area contributed by atoms with E-state index in [1.165, 1.54) is 12.8 Å². The van der Waals surface area contributed by atoms with Gasteiger partial charge in [0.1, 0.15) is 0 Å². The molecule has 3 nitrogen and oxygen atoms in total. The van der Waals surface area contributed by atoms with Gasteiger partial charge < -0.3 is 15.3 Å². The molecule has 1 aliphatic heterocycles. The maximum atomic E-state index is 10.4. The molecular formula is C12H24N2O. The van der Waals surface area contributed by atoms with Crippen LogP contribution in [0, 0.1) is 5.92 Å². The first-order valence-corrected chi connectivity index (χ1v) is 6.24. The average Bonchev–Trinajstić information content (AvgIpc) is 3.00. The summed E-state index contributed by atoms with van der Waals surface area (Å²) in [5.41, 5.74) is -0.441. The summed E-state index contributed by atoms with van der Waals surface area (Å²) in [5.74, 6) is 0.889. The Morgan fingerprint density at radius 3 is 2.53 bits per heavy atom. The van der Waals surface area contributed by atoms with Gasteiger partial charge >= 0.3 is 0 Å². The Morgan fingerprint density at radius 1 is 1.40 bits per heavy atom. The SMILES string of the molecule is CC(C1CC1)N(C)CC1(O)CCNCC1. The second kappa shape index (κ2) is 4.40. The number of likely N-dealkylation sites (N-methyl/N-ethyl adjacent to an activating group) is 1. The highest BCUT2D eigenvalue weighted by molar-refractivity contribution is 4.91. The molecule has 0 aromatic heterocycles. The van der Waals surface area contributed by atoms with Gasteiger partial charge in [-0.3, -0.25) is 0 Å². The van der Waals surface area contributed by atoms with Crippen molar-refractivity contribution in [3.8, 4) is 0 Å². The Morgan fingerprint density at radius 2 is 2.00 bits per heavy atom. The van der Waals surface area contributed by atoms with Crippen molar-refractivity contribution >= 4 is 0 Å². The summed E-state index contributed by atoms with van der Waals surface area (Å²) in [6, 6.07) is 0.643. The maximum absolute atomic E-state index is 10.4. The molecule has 2 fully saturated rings. The van der Waals surface area contributed by atoms with Crippen LogP contribution in [0.3, 0.4) is 0 Å². The van der Waals surface area contributed by atoms with E-state index in [9.17, 15) is 5.11 Å². The average molecular weight is 212 g/mol. The van der Waals surface area contributed by atoms with Crippen LogP contribution < -0.4 is 5.32 Å². The highest BCUT2D eigenvalue weighted by Crippen LogP contribution is 2.35. The Bertz CT molecular complexity index is 210. The minimum atomic E-state index is -0.441. The van der Waals surface area contributed by atoms with Gasteiger partial charge in [-0.1, -0.05) is 0 Å². The minimum Gasteiger partial charge on any atom is -0.388 e. The summed E-state index contributed by atoms with van der Waals surface area (Å²) in [6.45, 7) is 5.05. The van der Waals surface area contributed by atoms with Crippen molar-refractivity contribution in [1.29, 1.82) is 0 Å². The van der Waals surface area contributed by atoms with Crippen LogP contribution in [0.2, 0.25) is 0 Å². The lowest BCUT2D eigenvalue weighted by Gasteiger charge is -2.38. The van der Waals surface area contributed by atoms with Crippen LogP contribution in [0.1, 0.15) is 32.6 Å². The third kappa shape index (κ3) is 2.92. The van der Waals surface area contributed by atoms with E-state index in [1.807, 2.05) is 0 Å². The molecular weight excluding hydrogens is 188 g/mol. The van der Waals surface area contributed by atoms with Crippen molar-refractivity contribution in [3.05, 3.63) is 0 Å². The van der Waals surface area contributed by atoms with Crippen molar-refractivity contribution in [2.24, 2.45) is 5.92 Å². The number of aliphatic hydroxyl groups is 1. The van der Waals surface area contributed by atoms with E-state index < -0.39 is 5.60 Å². The monoisotopic (exact) mass is 212 g/mol. The van der Waals surface area contributed by atoms with Gasteiger partial charge in [0, 0.05) is 12.6 Å². The molecule has 1 heterocycles. The van der Waals surface area contributed by atoms with Crippen LogP contribution in [0.4, 0.5) is 0 Å². The van der Waals surface area contributed by atoms with E-state index in [1.54, 1.807) is 0 Å². The number of nitrogens with zero attached hydrogens (tertiary/aromatic N) is 1. The predicted octanol–water partition coefficient (Wildman–Crippen LogP) is 0.831. The number of rotatable bonds is 4. The first-order valence-electron chi connectivity index (χ1n) is 6.24. The molecule has 2 rings (SSSR count). The van der Waals surface area contributed by atoms with Gasteiger partial charge in [-0.05, 0) is 58.7 Å². The van der Waals surface area contributed by atoms with E-state index in [2.05, 4.69) is 24.2 Å². The molecule has 1 unspecified atom stereocenters. The van der Waals surface area contributed by atoms with E-state index in [0.29, 0.717) is 6.04 Å². The fourth-order valence-electron chi connectivity index (χ4n) is 2.60. The molecule has 1 atom stereocenters. The van der Waals surface area contributed by atoms with Crippen LogP contribution in [0.25, 0.3) is 0 Å². The summed E-state index contributed by atoms with van der Waals surface area (Å²) in [5, 5.41) is 13.7. The fraction of sp³-hybridized carbons (Fsp3) is 1.00. The third-order valence-corrected chi connectivity index (χ3v) is 4.08. The normalized spacial score (nSPS) is 28.0. The topological polar surface area (TPSA) is 35.5 Å². The summed E-state index contributed by atoms with van der Waals surface area (Å²) in [7, 11) is 2.16. The predicted molar refractivity (Wildman–Crippen MR) is 61.9 cm³/mol. The lowest BCUT2D eigenvalue weighted by Crippen LogP contribution is -2.50. The van der Waals surface area contributed by atoms with Gasteiger partial charge in [-0.15, -0.1) is 0 Å². The molecule has 88 valence electrons. The Kier molecular flexibility index (Phi) is 3.33. The first kappa shape index (κ1) is 11.4. The molecule has 0 amide bonds. The molecule has 2 N–H and O–H groups in total. The van der Waals surface area contributed by atoms with Gasteiger partial charge in [0.25, 0.3) is 0 Å². The Hall–Kier alpha value is -0.120. The van der Waals surface area contributed by atoms with Gasteiger partial charge in [-0.2, -0.15) is 0 Å². The van der Waals surface area contributed by atoms with Crippen LogP contribution in [0.15, 0.2) is 0 Å². The summed E-state index contributed by atoms with van der Waals surface area (Å²) >= 11 is 0. The molecule has 0 aromatic carbocycles. The highest BCUT2D eigenvalue weighted by atomic mass is 16.3. The van der Waals surface area contributed by atoms with Crippen molar-refractivity contribution in [1.82, 2.24) is 10.2 Å². The van der Waals surface area contributed by atoms with E-state index in [0.717, 1.165) is 38.4 Å². The molecule has 0 aromatic rings. The summed E-state index contributed by atoms with van der Waals surface area (Å²) in [6.07, 6.45) is 4.56. The number of piperidine rings is 1. The molecule has 0 spiro atoms. The Balaban J connectivity index is 1.82. The number of nitrogens with one attached hydrogen (secondary N) is 1. The van der Waals surface area contributed by atoms with Gasteiger partial charge in [0.15, 0.2) is 0 Å². The zero-order chi connectivity index (χ0) is 10.9. The van der Waals surface area contributed by atoms with Crippen LogP contribution in [-0.2, 0) is 0 Å². The molecule has 15 heavy (non-hydrogen) atoms. The van der Waals surface area contributed by atoms with Crippen molar-refractivity contribution in [3.63, 3.8) is 0 Å². The Labute approximate surface area is 92.8 Å². The quantitative estimate of drug-likeness (QED) is 0.724. The molecule has 1 aliphatic carbocycles. The molecule has 0 radical (unpaired) electrons. The van der Waals surface area contributed by atoms with Gasteiger partial charge in [0.05, 0.1) is 5.60 Å². The molecule has 1 saturated carbocycles. The van der Waals surface area contributed by atoms with Crippen molar-refractivity contribution in [2.75, 3.05) is 26.7 Å². The maximum Gasteiger partial charge on any atom is 0.0798 e. The fourth-order valence-corrected chi connectivity index (χ4v) is 2.60. The first-order chi connectivity index (χ1) is 7.11. The summed E-state index contributed by atoms with van der Waals surface area (Å²) in [4.78, 5) is 2.35. The highest BCUT2D eigenvalue weighted by Gasteiger charge is 2.35. The van der Waals surface area contributed by atoms with Gasteiger partial charge in [-0.25, -0.2) is 0 Å². The third-order valence-electron chi connectivity index (χ3n) is 4.08. The largest absolute Gasteiger partial charge is 0.388 e. The van der Waals surface area contributed by atoms with E-state index in [-0.39, 0.29) is 0 Å². The zero-order valence-corrected chi connectivity index (χ0v) is 10.00. The number of hydrogen-bond acceptors (Lipinski definition) is 3. The van der Waals surface area contributed by atoms with Crippen molar-refractivity contribution < 1.29 is 5.11 Å². The van der Waals surface area contributed by atoms with Crippen molar-refractivity contribution in [2.45, 2.75) is 44.2 Å². The van der Waals surface area contributed by atoms with Gasteiger partial charge in [0.2, 0.25) is 0 Å². The smallest absolute Gasteiger partial charge is 0.0798 e. The lowest BCUT2D eigenvalue weighted by molar-refractivity contribution is -0.0243. The molecule has 1 saturated heterocycles. The molecule has 2 aliphatic rings. The second-order valence-electron chi connectivity index (χ2n) is 5.47. The second-order valence-corrected chi connectivity index (χ2v) is 5.47. The molecule has 3 heteroatoms. The lowest BCUT2D eigenvalue weighted by atomic mass is 9.91. The van der Waals surface area contributed by atoms with Crippen LogP contribution >= 0.6 is 0 Å². The zero-order valence-electron chi connectivity index (χ0n) is 10.00. The summed E-state index contributed by atoms with van der Waals surface area (Å²) < 4.78 is 0.